The van der Waals surface area contributed by atoms with E-state index in [-0.39, 0.29) is 0 Å². The monoisotopic (exact) mass is 335 g/mol. The van der Waals surface area contributed by atoms with Crippen LogP contribution >= 0.6 is 0 Å². The molecule has 5 rings (SSSR count). The van der Waals surface area contributed by atoms with E-state index in [2.05, 4.69) is 78.9 Å². The summed E-state index contributed by atoms with van der Waals surface area (Å²) in [7, 11) is 0. The molecule has 1 heteroatoms. The fourth-order valence-corrected chi connectivity index (χ4v) is 3.44. The van der Waals surface area contributed by atoms with Gasteiger partial charge in [-0.2, -0.15) is 0 Å². The van der Waals surface area contributed by atoms with Gasteiger partial charge in [0.05, 0.1) is 0 Å². The minimum absolute atomic E-state index is 0.915. The molecule has 1 aliphatic rings. The highest BCUT2D eigenvalue weighted by Crippen LogP contribution is 2.38. The van der Waals surface area contributed by atoms with E-state index in [1.807, 2.05) is 24.3 Å². The lowest BCUT2D eigenvalue weighted by atomic mass is 10.1. The summed E-state index contributed by atoms with van der Waals surface area (Å²) < 4.78 is 0. The average molecular weight is 335 g/mol. The standard InChI is InChI=1S/C13H11N.C12H10/c14-13-7-3-6-11-10-5-2-1-4-9(10)8-12(11)13;1-3-7-11(8-4-1)12-9-5-2-6-10-12/h1-7H,8,14H2;1-10H. The van der Waals surface area contributed by atoms with Crippen molar-refractivity contribution in [3.63, 3.8) is 0 Å². The highest BCUT2D eigenvalue weighted by Gasteiger charge is 2.18. The molecule has 0 saturated heterocycles. The SMILES string of the molecule is Nc1cccc2c1Cc1ccccc1-2.c1ccc(-c2ccccc2)cc1. The number of anilines is 1. The average Bonchev–Trinajstić information content (AvgIpc) is 3.10. The Hall–Kier alpha value is -3.32. The third-order valence-corrected chi connectivity index (χ3v) is 4.77. The molecule has 1 nitrogen and oxygen atoms in total. The van der Waals surface area contributed by atoms with Gasteiger partial charge in [-0.25, -0.2) is 0 Å². The van der Waals surface area contributed by atoms with Crippen LogP contribution in [0.3, 0.4) is 0 Å². The quantitative estimate of drug-likeness (QED) is 0.363. The van der Waals surface area contributed by atoms with E-state index in [1.165, 1.54) is 33.4 Å². The maximum atomic E-state index is 5.95. The van der Waals surface area contributed by atoms with Crippen molar-refractivity contribution in [2.24, 2.45) is 0 Å². The number of hydrogen-bond donors (Lipinski definition) is 1. The summed E-state index contributed by atoms with van der Waals surface area (Å²) in [5.41, 5.74) is 14.7. The van der Waals surface area contributed by atoms with Crippen LogP contribution in [-0.2, 0) is 6.42 Å². The Morgan fingerprint density at radius 2 is 1.04 bits per heavy atom. The van der Waals surface area contributed by atoms with E-state index in [0.717, 1.165) is 12.1 Å². The Labute approximate surface area is 154 Å². The number of nitrogens with two attached hydrogens (primary N) is 1. The zero-order chi connectivity index (χ0) is 17.8. The Balaban J connectivity index is 0.000000131. The molecule has 4 aromatic carbocycles. The van der Waals surface area contributed by atoms with E-state index in [0.29, 0.717) is 0 Å². The van der Waals surface area contributed by atoms with Crippen LogP contribution in [0.1, 0.15) is 11.1 Å². The molecule has 0 aromatic heterocycles. The lowest BCUT2D eigenvalue weighted by Gasteiger charge is -2.02. The van der Waals surface area contributed by atoms with Gasteiger partial charge in [-0.1, -0.05) is 97.1 Å². The van der Waals surface area contributed by atoms with Crippen LogP contribution in [0.2, 0.25) is 0 Å². The van der Waals surface area contributed by atoms with Crippen molar-refractivity contribution in [2.75, 3.05) is 5.73 Å². The lowest BCUT2D eigenvalue weighted by molar-refractivity contribution is 1.27. The first-order valence-electron chi connectivity index (χ1n) is 8.89. The van der Waals surface area contributed by atoms with Crippen LogP contribution in [0.4, 0.5) is 5.69 Å². The molecule has 0 bridgehead atoms. The Kier molecular flexibility index (Phi) is 4.53. The van der Waals surface area contributed by atoms with Crippen molar-refractivity contribution in [3.05, 3.63) is 114 Å². The summed E-state index contributed by atoms with van der Waals surface area (Å²) in [6, 6.07) is 35.4. The molecule has 1 aliphatic carbocycles. The molecule has 0 heterocycles. The summed E-state index contributed by atoms with van der Waals surface area (Å²) in [5.74, 6) is 0. The number of fused-ring (bicyclic) bond motifs is 3. The lowest BCUT2D eigenvalue weighted by Crippen LogP contribution is -1.91. The van der Waals surface area contributed by atoms with E-state index in [4.69, 9.17) is 5.73 Å². The molecule has 0 amide bonds. The highest BCUT2D eigenvalue weighted by molar-refractivity contribution is 5.81. The molecule has 0 spiro atoms. The first-order chi connectivity index (χ1) is 12.8. The molecule has 0 unspecified atom stereocenters. The molecule has 0 radical (unpaired) electrons. The van der Waals surface area contributed by atoms with Crippen molar-refractivity contribution in [2.45, 2.75) is 6.42 Å². The number of hydrogen-bond acceptors (Lipinski definition) is 1. The minimum Gasteiger partial charge on any atom is -0.398 e. The first-order valence-corrected chi connectivity index (χ1v) is 8.89. The van der Waals surface area contributed by atoms with Crippen LogP contribution in [0, 0.1) is 0 Å². The largest absolute Gasteiger partial charge is 0.398 e. The minimum atomic E-state index is 0.915. The first kappa shape index (κ1) is 16.2. The molecule has 0 aliphatic heterocycles. The van der Waals surface area contributed by atoms with Crippen molar-refractivity contribution < 1.29 is 0 Å². The molecule has 4 aromatic rings. The second-order valence-electron chi connectivity index (χ2n) is 6.44. The van der Waals surface area contributed by atoms with Crippen molar-refractivity contribution in [1.82, 2.24) is 0 Å². The van der Waals surface area contributed by atoms with Crippen LogP contribution < -0.4 is 5.73 Å². The fourth-order valence-electron chi connectivity index (χ4n) is 3.44. The molecule has 0 fully saturated rings. The third-order valence-electron chi connectivity index (χ3n) is 4.77. The third kappa shape index (κ3) is 3.25. The van der Waals surface area contributed by atoms with Gasteiger partial charge in [-0.3, -0.25) is 0 Å². The number of benzene rings is 4. The molecular weight excluding hydrogens is 314 g/mol. The van der Waals surface area contributed by atoms with Crippen LogP contribution in [0.25, 0.3) is 22.3 Å². The van der Waals surface area contributed by atoms with Gasteiger partial charge < -0.3 is 5.73 Å². The van der Waals surface area contributed by atoms with Crippen LogP contribution in [0.5, 0.6) is 0 Å². The van der Waals surface area contributed by atoms with Gasteiger partial charge in [-0.15, -0.1) is 0 Å². The topological polar surface area (TPSA) is 26.0 Å². The van der Waals surface area contributed by atoms with Crippen molar-refractivity contribution in [3.8, 4) is 22.3 Å². The Morgan fingerprint density at radius 3 is 1.69 bits per heavy atom. The van der Waals surface area contributed by atoms with Gasteiger partial charge in [0.2, 0.25) is 0 Å². The van der Waals surface area contributed by atoms with E-state index in [9.17, 15) is 0 Å². The molecular formula is C25H21N. The number of nitrogen functional groups attached to an aromatic ring is 1. The van der Waals surface area contributed by atoms with Crippen molar-refractivity contribution >= 4 is 5.69 Å². The Morgan fingerprint density at radius 1 is 0.500 bits per heavy atom. The predicted octanol–water partition coefficient (Wildman–Crippen LogP) is 6.19. The predicted molar refractivity (Wildman–Crippen MR) is 111 cm³/mol. The normalized spacial score (nSPS) is 11.1. The van der Waals surface area contributed by atoms with Crippen LogP contribution in [0.15, 0.2) is 103 Å². The van der Waals surface area contributed by atoms with E-state index in [1.54, 1.807) is 0 Å². The zero-order valence-corrected chi connectivity index (χ0v) is 14.6. The second kappa shape index (κ2) is 7.28. The highest BCUT2D eigenvalue weighted by atomic mass is 14.6. The molecule has 26 heavy (non-hydrogen) atoms. The van der Waals surface area contributed by atoms with Gasteiger partial charge in [-0.05, 0) is 39.4 Å². The van der Waals surface area contributed by atoms with Gasteiger partial charge in [0.25, 0.3) is 0 Å². The fraction of sp³-hybridized carbons (Fsp3) is 0.0400. The second-order valence-corrected chi connectivity index (χ2v) is 6.44. The summed E-state index contributed by atoms with van der Waals surface area (Å²) in [4.78, 5) is 0. The van der Waals surface area contributed by atoms with Gasteiger partial charge in [0, 0.05) is 12.1 Å². The molecule has 0 saturated carbocycles. The summed E-state index contributed by atoms with van der Waals surface area (Å²) >= 11 is 0. The molecule has 2 N–H and O–H groups in total. The Bertz CT molecular complexity index is 967. The summed E-state index contributed by atoms with van der Waals surface area (Å²) in [6.45, 7) is 0. The maximum Gasteiger partial charge on any atom is 0.0356 e. The van der Waals surface area contributed by atoms with Gasteiger partial charge >= 0.3 is 0 Å². The number of rotatable bonds is 1. The van der Waals surface area contributed by atoms with Gasteiger partial charge in [0.15, 0.2) is 0 Å². The molecule has 126 valence electrons. The van der Waals surface area contributed by atoms with Crippen molar-refractivity contribution in [1.29, 1.82) is 0 Å². The van der Waals surface area contributed by atoms with Crippen LogP contribution in [-0.4, -0.2) is 0 Å². The van der Waals surface area contributed by atoms with E-state index < -0.39 is 0 Å². The van der Waals surface area contributed by atoms with E-state index >= 15 is 0 Å². The maximum absolute atomic E-state index is 5.95. The zero-order valence-electron chi connectivity index (χ0n) is 14.6. The summed E-state index contributed by atoms with van der Waals surface area (Å²) in [6.07, 6.45) is 0.984. The summed E-state index contributed by atoms with van der Waals surface area (Å²) in [5, 5.41) is 0. The smallest absolute Gasteiger partial charge is 0.0356 e. The van der Waals surface area contributed by atoms with Gasteiger partial charge in [0.1, 0.15) is 0 Å². The molecule has 0 atom stereocenters.